The lowest BCUT2D eigenvalue weighted by Crippen LogP contribution is -2.34. The van der Waals surface area contributed by atoms with Gasteiger partial charge in [0.25, 0.3) is 11.6 Å². The summed E-state index contributed by atoms with van der Waals surface area (Å²) in [7, 11) is 0. The molecule has 0 bridgehead atoms. The van der Waals surface area contributed by atoms with E-state index in [1.165, 1.54) is 17.0 Å². The maximum absolute atomic E-state index is 12.3. The number of benzene rings is 1. The van der Waals surface area contributed by atoms with Crippen LogP contribution < -0.4 is 5.32 Å². The number of rotatable bonds is 6. The number of carbonyl (C=O) groups is 3. The molecule has 24 heavy (non-hydrogen) atoms. The van der Waals surface area contributed by atoms with Crippen molar-refractivity contribution < 1.29 is 19.3 Å². The van der Waals surface area contributed by atoms with Crippen molar-refractivity contribution in [2.75, 3.05) is 0 Å². The number of nitro groups is 1. The van der Waals surface area contributed by atoms with Crippen LogP contribution in [-0.4, -0.2) is 34.1 Å². The predicted molar refractivity (Wildman–Crippen MR) is 87.2 cm³/mol. The van der Waals surface area contributed by atoms with Gasteiger partial charge in [0, 0.05) is 18.5 Å². The van der Waals surface area contributed by atoms with Crippen LogP contribution in [0.1, 0.15) is 49.5 Å². The molecule has 8 heteroatoms. The van der Waals surface area contributed by atoms with Crippen molar-refractivity contribution in [3.05, 3.63) is 39.4 Å². The van der Waals surface area contributed by atoms with Gasteiger partial charge in [0.1, 0.15) is 0 Å². The molecule has 0 saturated heterocycles. The van der Waals surface area contributed by atoms with Crippen molar-refractivity contribution in [2.45, 2.75) is 46.2 Å². The van der Waals surface area contributed by atoms with Crippen LogP contribution in [0.4, 0.5) is 5.69 Å². The summed E-state index contributed by atoms with van der Waals surface area (Å²) < 4.78 is 0. The number of hydrogen-bond acceptors (Lipinski definition) is 5. The van der Waals surface area contributed by atoms with E-state index in [0.717, 1.165) is 0 Å². The van der Waals surface area contributed by atoms with E-state index in [-0.39, 0.29) is 30.6 Å². The monoisotopic (exact) mass is 335 g/mol. The lowest BCUT2D eigenvalue weighted by molar-refractivity contribution is -0.385. The van der Waals surface area contributed by atoms with E-state index in [2.05, 4.69) is 0 Å². The molecule has 130 valence electrons. The van der Waals surface area contributed by atoms with Crippen LogP contribution >= 0.6 is 0 Å². The number of nitrogens with one attached hydrogen (secondary N) is 1. The van der Waals surface area contributed by atoms with Crippen molar-refractivity contribution in [3.8, 4) is 0 Å². The van der Waals surface area contributed by atoms with Gasteiger partial charge in [-0.05, 0) is 19.4 Å². The first-order valence-corrected chi connectivity index (χ1v) is 7.76. The highest BCUT2D eigenvalue weighted by Gasteiger charge is 2.35. The summed E-state index contributed by atoms with van der Waals surface area (Å²) in [5.41, 5.74) is 0.666. The number of fused-ring (bicyclic) bond motifs is 1. The Labute approximate surface area is 140 Å². The van der Waals surface area contributed by atoms with Gasteiger partial charge < -0.3 is 4.90 Å². The van der Waals surface area contributed by atoms with E-state index >= 15 is 0 Å². The lowest BCUT2D eigenvalue weighted by Gasteiger charge is -2.23. The second-order valence-corrected chi connectivity index (χ2v) is 5.07. The van der Waals surface area contributed by atoms with E-state index < -0.39 is 10.8 Å². The average molecular weight is 335 g/mol. The quantitative estimate of drug-likeness (QED) is 0.486. The molecule has 0 saturated carbocycles. The molecule has 1 aliphatic rings. The van der Waals surface area contributed by atoms with Gasteiger partial charge in [-0.1, -0.05) is 19.9 Å². The Morgan fingerprint density at radius 3 is 2.71 bits per heavy atom. The van der Waals surface area contributed by atoms with Gasteiger partial charge in [0.15, 0.2) is 0 Å². The molecule has 1 atom stereocenters. The first-order valence-electron chi connectivity index (χ1n) is 7.76. The Morgan fingerprint density at radius 1 is 1.46 bits per heavy atom. The Kier molecular flexibility index (Phi) is 7.03. The average Bonchev–Trinajstić information content (AvgIpc) is 2.92. The van der Waals surface area contributed by atoms with Crippen LogP contribution in [0.3, 0.4) is 0 Å². The van der Waals surface area contributed by atoms with Gasteiger partial charge in [0.2, 0.25) is 12.3 Å². The van der Waals surface area contributed by atoms with Crippen molar-refractivity contribution >= 4 is 23.9 Å². The van der Waals surface area contributed by atoms with Crippen LogP contribution in [0.5, 0.6) is 0 Å². The first-order chi connectivity index (χ1) is 11.5. The minimum atomic E-state index is -0.502. The van der Waals surface area contributed by atoms with Gasteiger partial charge >= 0.3 is 0 Å². The fraction of sp³-hybridized carbons (Fsp3) is 0.438. The molecule has 0 fully saturated rings. The van der Waals surface area contributed by atoms with Crippen LogP contribution in [0.15, 0.2) is 18.2 Å². The molecule has 1 N–H and O–H groups in total. The SMILES string of the molecule is CC.CC(CCC(=O)NC=O)N1Cc2c(cccc2[N+](=O)[O-])C1=O. The maximum Gasteiger partial charge on any atom is 0.275 e. The molecule has 1 aromatic carbocycles. The molecule has 0 spiro atoms. The summed E-state index contributed by atoms with van der Waals surface area (Å²) >= 11 is 0. The second kappa shape index (κ2) is 8.76. The minimum absolute atomic E-state index is 0.0701. The molecule has 1 unspecified atom stereocenters. The molecule has 0 aliphatic carbocycles. The Morgan fingerprint density at radius 2 is 2.12 bits per heavy atom. The maximum atomic E-state index is 12.3. The van der Waals surface area contributed by atoms with Crippen molar-refractivity contribution in [2.24, 2.45) is 0 Å². The third kappa shape index (κ3) is 4.15. The molecule has 3 amide bonds. The number of hydrogen-bond donors (Lipinski definition) is 1. The topological polar surface area (TPSA) is 110 Å². The Hall–Kier alpha value is -2.77. The van der Waals surface area contributed by atoms with Crippen LogP contribution in [0.25, 0.3) is 0 Å². The third-order valence-corrected chi connectivity index (χ3v) is 3.71. The molecule has 1 aliphatic heterocycles. The molecule has 0 radical (unpaired) electrons. The highest BCUT2D eigenvalue weighted by molar-refractivity contribution is 5.99. The smallest absolute Gasteiger partial charge is 0.275 e. The van der Waals surface area contributed by atoms with Crippen LogP contribution in [0, 0.1) is 10.1 Å². The summed E-state index contributed by atoms with van der Waals surface area (Å²) in [6.07, 6.45) is 0.780. The molecule has 1 aromatic rings. The number of nitro benzene ring substituents is 1. The van der Waals surface area contributed by atoms with E-state index in [1.54, 1.807) is 13.0 Å². The van der Waals surface area contributed by atoms with E-state index in [0.29, 0.717) is 24.0 Å². The zero-order valence-electron chi connectivity index (χ0n) is 13.9. The minimum Gasteiger partial charge on any atom is -0.331 e. The van der Waals surface area contributed by atoms with Crippen molar-refractivity contribution in [1.82, 2.24) is 10.2 Å². The van der Waals surface area contributed by atoms with E-state index in [1.807, 2.05) is 19.2 Å². The summed E-state index contributed by atoms with van der Waals surface area (Å²) in [6, 6.07) is 4.16. The van der Waals surface area contributed by atoms with Gasteiger partial charge in [-0.2, -0.15) is 0 Å². The Bertz CT molecular complexity index is 645. The number of amides is 3. The van der Waals surface area contributed by atoms with Gasteiger partial charge in [-0.25, -0.2) is 0 Å². The Balaban J connectivity index is 0.00000139. The number of imide groups is 1. The molecule has 0 aromatic heterocycles. The fourth-order valence-corrected chi connectivity index (χ4v) is 2.50. The third-order valence-electron chi connectivity index (χ3n) is 3.71. The van der Waals surface area contributed by atoms with E-state index in [9.17, 15) is 24.5 Å². The van der Waals surface area contributed by atoms with Gasteiger partial charge in [0.05, 0.1) is 22.6 Å². The normalized spacial score (nSPS) is 13.5. The van der Waals surface area contributed by atoms with Crippen LogP contribution in [-0.2, 0) is 16.1 Å². The predicted octanol–water partition coefficient (Wildman–Crippen LogP) is 2.02. The molecular formula is C16H21N3O5. The largest absolute Gasteiger partial charge is 0.331 e. The molecule has 1 heterocycles. The van der Waals surface area contributed by atoms with Gasteiger partial charge in [-0.3, -0.25) is 29.8 Å². The van der Waals surface area contributed by atoms with Gasteiger partial charge in [-0.15, -0.1) is 0 Å². The van der Waals surface area contributed by atoms with Crippen LogP contribution in [0.2, 0.25) is 0 Å². The second-order valence-electron chi connectivity index (χ2n) is 5.07. The first kappa shape index (κ1) is 19.3. The van der Waals surface area contributed by atoms with E-state index in [4.69, 9.17) is 0 Å². The molecule has 8 nitrogen and oxygen atoms in total. The fourth-order valence-electron chi connectivity index (χ4n) is 2.50. The zero-order chi connectivity index (χ0) is 18.3. The molecular weight excluding hydrogens is 314 g/mol. The van der Waals surface area contributed by atoms with Crippen molar-refractivity contribution in [1.29, 1.82) is 0 Å². The summed E-state index contributed by atoms with van der Waals surface area (Å²) in [4.78, 5) is 45.8. The highest BCUT2D eigenvalue weighted by Crippen LogP contribution is 2.32. The number of carbonyl (C=O) groups excluding carboxylic acids is 3. The summed E-state index contributed by atoms with van der Waals surface area (Å²) in [5, 5.41) is 13.1. The van der Waals surface area contributed by atoms with Crippen molar-refractivity contribution in [3.63, 3.8) is 0 Å². The summed E-state index contributed by atoms with van der Waals surface area (Å²) in [5.74, 6) is -0.695. The standard InChI is InChI=1S/C14H15N3O5.C2H6/c1-9(5-6-13(19)15-8-18)16-7-11-10(14(16)20)3-2-4-12(11)17(21)22;1-2/h2-4,8-9H,5-7H2,1H3,(H,15,18,19);1-2H3. The number of nitrogens with zero attached hydrogens (tertiary/aromatic N) is 2. The highest BCUT2D eigenvalue weighted by atomic mass is 16.6. The summed E-state index contributed by atoms with van der Waals surface area (Å²) in [6.45, 7) is 5.92. The molecule has 2 rings (SSSR count). The lowest BCUT2D eigenvalue weighted by atomic mass is 10.1. The zero-order valence-corrected chi connectivity index (χ0v) is 13.9.